The highest BCUT2D eigenvalue weighted by Gasteiger charge is 2.27. The fraction of sp³-hybridized carbons (Fsp3) is 0.300. The number of benzene rings is 1. The van der Waals surface area contributed by atoms with E-state index >= 15 is 0 Å². The SMILES string of the molecule is CC(C)NC(=O)c1cc(F)c(F)c(S(N)(=O)=O)c1Cl. The number of sulfonamides is 1. The van der Waals surface area contributed by atoms with Crippen LogP contribution in [0.2, 0.25) is 5.02 Å². The molecule has 0 aliphatic heterocycles. The predicted molar refractivity (Wildman–Crippen MR) is 65.3 cm³/mol. The maximum absolute atomic E-state index is 13.4. The van der Waals surface area contributed by atoms with Crippen molar-refractivity contribution in [3.05, 3.63) is 28.3 Å². The van der Waals surface area contributed by atoms with E-state index in [0.717, 1.165) is 0 Å². The van der Waals surface area contributed by atoms with Gasteiger partial charge in [0.15, 0.2) is 11.6 Å². The van der Waals surface area contributed by atoms with Gasteiger partial charge in [0.2, 0.25) is 10.0 Å². The van der Waals surface area contributed by atoms with E-state index in [4.69, 9.17) is 16.7 Å². The second-order valence-electron chi connectivity index (χ2n) is 4.04. The minimum absolute atomic E-state index is 0.297. The maximum atomic E-state index is 13.4. The summed E-state index contributed by atoms with van der Waals surface area (Å²) in [6.07, 6.45) is 0. The van der Waals surface area contributed by atoms with E-state index in [2.05, 4.69) is 5.32 Å². The van der Waals surface area contributed by atoms with Crippen molar-refractivity contribution < 1.29 is 22.0 Å². The minimum Gasteiger partial charge on any atom is -0.350 e. The first kappa shape index (κ1) is 15.8. The molecule has 0 aliphatic rings. The number of hydrogen-bond donors (Lipinski definition) is 2. The van der Waals surface area contributed by atoms with Gasteiger partial charge in [0, 0.05) is 6.04 Å². The first-order chi connectivity index (χ1) is 8.55. The smallest absolute Gasteiger partial charge is 0.253 e. The molecule has 0 unspecified atom stereocenters. The number of primary sulfonamides is 1. The van der Waals surface area contributed by atoms with Gasteiger partial charge >= 0.3 is 0 Å². The highest BCUT2D eigenvalue weighted by molar-refractivity contribution is 7.89. The van der Waals surface area contributed by atoms with Crippen LogP contribution in [0.15, 0.2) is 11.0 Å². The molecular formula is C10H11ClF2N2O3S. The molecule has 0 saturated heterocycles. The van der Waals surface area contributed by atoms with E-state index in [0.29, 0.717) is 6.07 Å². The van der Waals surface area contributed by atoms with Gasteiger partial charge in [-0.05, 0) is 19.9 Å². The zero-order chi connectivity index (χ0) is 15.0. The fourth-order valence-corrected chi connectivity index (χ4v) is 2.59. The van der Waals surface area contributed by atoms with Crippen molar-refractivity contribution in [1.29, 1.82) is 0 Å². The molecule has 0 heterocycles. The van der Waals surface area contributed by atoms with Gasteiger partial charge in [-0.25, -0.2) is 22.3 Å². The maximum Gasteiger partial charge on any atom is 0.253 e. The average Bonchev–Trinajstić information content (AvgIpc) is 2.20. The van der Waals surface area contributed by atoms with Crippen molar-refractivity contribution in [1.82, 2.24) is 5.32 Å². The standard InChI is InChI=1S/C10H11ClF2N2O3S/c1-4(2)15-10(16)5-3-6(12)8(13)9(7(5)11)19(14,17)18/h3-4H,1-2H3,(H,15,16)(H2,14,17,18). The quantitative estimate of drug-likeness (QED) is 0.827. The van der Waals surface area contributed by atoms with Crippen LogP contribution in [0.3, 0.4) is 0 Å². The summed E-state index contributed by atoms with van der Waals surface area (Å²) < 4.78 is 49.1. The monoisotopic (exact) mass is 312 g/mol. The molecule has 0 fully saturated rings. The Kier molecular flexibility index (Phi) is 4.49. The Hall–Kier alpha value is -1.25. The lowest BCUT2D eigenvalue weighted by atomic mass is 10.2. The van der Waals surface area contributed by atoms with Crippen molar-refractivity contribution in [3.8, 4) is 0 Å². The Labute approximate surface area is 113 Å². The van der Waals surface area contributed by atoms with Crippen LogP contribution >= 0.6 is 11.6 Å². The van der Waals surface area contributed by atoms with Crippen molar-refractivity contribution in [2.75, 3.05) is 0 Å². The molecule has 1 aromatic rings. The van der Waals surface area contributed by atoms with E-state index in [1.165, 1.54) is 0 Å². The van der Waals surface area contributed by atoms with Gasteiger partial charge in [-0.2, -0.15) is 0 Å². The Balaban J connectivity index is 3.54. The van der Waals surface area contributed by atoms with Crippen LogP contribution in [-0.4, -0.2) is 20.4 Å². The number of carbonyl (C=O) groups is 1. The van der Waals surface area contributed by atoms with E-state index in [9.17, 15) is 22.0 Å². The fourth-order valence-electron chi connectivity index (χ4n) is 1.34. The molecule has 1 rings (SSSR count). The van der Waals surface area contributed by atoms with Crippen molar-refractivity contribution in [2.45, 2.75) is 24.8 Å². The molecule has 0 spiro atoms. The van der Waals surface area contributed by atoms with Crippen molar-refractivity contribution in [2.24, 2.45) is 5.14 Å². The number of amides is 1. The Bertz CT molecular complexity index is 632. The van der Waals surface area contributed by atoms with Gasteiger partial charge in [-0.1, -0.05) is 11.6 Å². The molecule has 1 amide bonds. The molecule has 19 heavy (non-hydrogen) atoms. The largest absolute Gasteiger partial charge is 0.350 e. The lowest BCUT2D eigenvalue weighted by Crippen LogP contribution is -2.31. The number of halogens is 3. The van der Waals surface area contributed by atoms with Gasteiger partial charge in [0.25, 0.3) is 5.91 Å². The number of carbonyl (C=O) groups excluding carboxylic acids is 1. The molecule has 0 bridgehead atoms. The van der Waals surface area contributed by atoms with Crippen molar-refractivity contribution >= 4 is 27.5 Å². The van der Waals surface area contributed by atoms with E-state index in [-0.39, 0.29) is 6.04 Å². The molecule has 0 aliphatic carbocycles. The summed E-state index contributed by atoms with van der Waals surface area (Å²) in [6, 6.07) is 0.221. The minimum atomic E-state index is -4.60. The van der Waals surface area contributed by atoms with E-state index in [1.54, 1.807) is 13.8 Å². The van der Waals surface area contributed by atoms with Crippen molar-refractivity contribution in [3.63, 3.8) is 0 Å². The zero-order valence-corrected chi connectivity index (χ0v) is 11.6. The molecule has 5 nitrogen and oxygen atoms in total. The van der Waals surface area contributed by atoms with Gasteiger partial charge in [0.05, 0.1) is 10.6 Å². The zero-order valence-electron chi connectivity index (χ0n) is 10.00. The van der Waals surface area contributed by atoms with Gasteiger partial charge < -0.3 is 5.32 Å². The normalized spacial score (nSPS) is 11.7. The van der Waals surface area contributed by atoms with Crippen LogP contribution in [0, 0.1) is 11.6 Å². The predicted octanol–water partition coefficient (Wildman–Crippen LogP) is 1.40. The number of nitrogens with two attached hydrogens (primary N) is 1. The van der Waals surface area contributed by atoms with Gasteiger partial charge in [-0.3, -0.25) is 4.79 Å². The summed E-state index contributed by atoms with van der Waals surface area (Å²) in [5.74, 6) is -4.07. The third-order valence-corrected chi connectivity index (χ3v) is 3.52. The molecule has 106 valence electrons. The first-order valence-corrected chi connectivity index (χ1v) is 6.99. The molecular weight excluding hydrogens is 302 g/mol. The third-order valence-electron chi connectivity index (χ3n) is 2.06. The average molecular weight is 313 g/mol. The summed E-state index contributed by atoms with van der Waals surface area (Å²) in [5, 5.41) is 6.37. The number of rotatable bonds is 3. The Morgan fingerprint density at radius 3 is 2.37 bits per heavy atom. The van der Waals surface area contributed by atoms with Gasteiger partial charge in [0.1, 0.15) is 4.90 Å². The van der Waals surface area contributed by atoms with Crippen LogP contribution in [-0.2, 0) is 10.0 Å². The van der Waals surface area contributed by atoms with Gasteiger partial charge in [-0.15, -0.1) is 0 Å². The summed E-state index contributed by atoms with van der Waals surface area (Å²) in [6.45, 7) is 3.26. The number of nitrogens with one attached hydrogen (secondary N) is 1. The van der Waals surface area contributed by atoms with Crippen LogP contribution in [0.25, 0.3) is 0 Å². The topological polar surface area (TPSA) is 89.3 Å². The second kappa shape index (κ2) is 5.40. The second-order valence-corrected chi connectivity index (χ2v) is 5.91. The Morgan fingerprint density at radius 2 is 1.95 bits per heavy atom. The summed E-state index contributed by atoms with van der Waals surface area (Å²) in [5.41, 5.74) is -0.502. The van der Waals surface area contributed by atoms with Crippen LogP contribution in [0.4, 0.5) is 8.78 Å². The van der Waals surface area contributed by atoms with Crippen LogP contribution in [0.1, 0.15) is 24.2 Å². The molecule has 9 heteroatoms. The molecule has 1 aromatic carbocycles. The van der Waals surface area contributed by atoms with E-state index in [1.807, 2.05) is 0 Å². The highest BCUT2D eigenvalue weighted by atomic mass is 35.5. The molecule has 0 atom stereocenters. The molecule has 0 aromatic heterocycles. The first-order valence-electron chi connectivity index (χ1n) is 5.06. The van der Waals surface area contributed by atoms with Crippen LogP contribution < -0.4 is 10.5 Å². The highest BCUT2D eigenvalue weighted by Crippen LogP contribution is 2.29. The summed E-state index contributed by atoms with van der Waals surface area (Å²) in [7, 11) is -4.60. The lowest BCUT2D eigenvalue weighted by molar-refractivity contribution is 0.0942. The molecule has 0 radical (unpaired) electrons. The summed E-state index contributed by atoms with van der Waals surface area (Å²) in [4.78, 5) is 10.5. The molecule has 0 saturated carbocycles. The summed E-state index contributed by atoms with van der Waals surface area (Å²) >= 11 is 5.62. The van der Waals surface area contributed by atoms with E-state index < -0.39 is 43.0 Å². The Morgan fingerprint density at radius 1 is 1.42 bits per heavy atom. The van der Waals surface area contributed by atoms with Crippen LogP contribution in [0.5, 0.6) is 0 Å². The number of hydrogen-bond acceptors (Lipinski definition) is 3. The lowest BCUT2D eigenvalue weighted by Gasteiger charge is -2.12. The third kappa shape index (κ3) is 3.40. The molecule has 3 N–H and O–H groups in total.